The van der Waals surface area contributed by atoms with Crippen LogP contribution in [0.25, 0.3) is 10.9 Å². The van der Waals surface area contributed by atoms with Crippen LogP contribution in [0.2, 0.25) is 0 Å². The van der Waals surface area contributed by atoms with E-state index in [1.807, 2.05) is 30.3 Å². The molecule has 0 amide bonds. The van der Waals surface area contributed by atoms with Crippen molar-refractivity contribution in [3.8, 4) is 0 Å². The fourth-order valence-electron chi connectivity index (χ4n) is 1.29. The summed E-state index contributed by atoms with van der Waals surface area (Å²) in [7, 11) is 0. The zero-order valence-corrected chi connectivity index (χ0v) is 8.30. The van der Waals surface area contributed by atoms with Crippen LogP contribution in [0.15, 0.2) is 36.5 Å². The molecule has 60 valence electrons. The summed E-state index contributed by atoms with van der Waals surface area (Å²) in [5, 5.41) is 10.1. The number of aliphatic hydroxyl groups is 1. The molecule has 1 aromatic heterocycles. The Morgan fingerprint density at radius 1 is 1.15 bits per heavy atom. The minimum atomic E-state index is 0. The number of aromatic nitrogens is 1. The fourth-order valence-corrected chi connectivity index (χ4v) is 1.29. The van der Waals surface area contributed by atoms with Gasteiger partial charge in [-0.05, 0) is 6.07 Å². The minimum absolute atomic E-state index is 0. The van der Waals surface area contributed by atoms with E-state index in [0.717, 1.165) is 16.5 Å². The topological polar surface area (TPSA) is 33.1 Å². The third-order valence-corrected chi connectivity index (χ3v) is 1.89. The summed E-state index contributed by atoms with van der Waals surface area (Å²) in [6.07, 6.45) is 1.74. The van der Waals surface area contributed by atoms with Gasteiger partial charge in [-0.2, -0.15) is 0 Å². The molecular formula is C10H9AlNO+3. The van der Waals surface area contributed by atoms with Crippen LogP contribution in [-0.4, -0.2) is 27.5 Å². The van der Waals surface area contributed by atoms with Gasteiger partial charge in [-0.3, -0.25) is 4.98 Å². The number of para-hydroxylation sites is 1. The fraction of sp³-hybridized carbons (Fsp3) is 0.100. The second kappa shape index (κ2) is 4.38. The molecule has 2 nitrogen and oxygen atoms in total. The van der Waals surface area contributed by atoms with Gasteiger partial charge in [-0.25, -0.2) is 0 Å². The Labute approximate surface area is 87.4 Å². The largest absolute Gasteiger partial charge is 3.00 e. The van der Waals surface area contributed by atoms with Crippen molar-refractivity contribution in [3.63, 3.8) is 0 Å². The number of rotatable bonds is 1. The van der Waals surface area contributed by atoms with Crippen LogP contribution in [0.4, 0.5) is 0 Å². The molecule has 0 bridgehead atoms. The Hall–Kier alpha value is -0.878. The second-order valence-electron chi connectivity index (χ2n) is 2.65. The molecule has 1 N–H and O–H groups in total. The molecule has 0 spiro atoms. The molecule has 13 heavy (non-hydrogen) atoms. The number of aliphatic hydroxyl groups excluding tert-OH is 1. The van der Waals surface area contributed by atoms with E-state index in [4.69, 9.17) is 5.11 Å². The van der Waals surface area contributed by atoms with Crippen molar-refractivity contribution in [2.45, 2.75) is 6.61 Å². The Morgan fingerprint density at radius 2 is 1.92 bits per heavy atom. The number of pyridine rings is 1. The summed E-state index contributed by atoms with van der Waals surface area (Å²) in [4.78, 5) is 4.19. The maximum Gasteiger partial charge on any atom is 3.00 e. The summed E-state index contributed by atoms with van der Waals surface area (Å²) >= 11 is 0. The Balaban J connectivity index is 0.000000845. The van der Waals surface area contributed by atoms with Crippen molar-refractivity contribution in [1.29, 1.82) is 0 Å². The maximum atomic E-state index is 9.00. The Morgan fingerprint density at radius 3 is 2.69 bits per heavy atom. The number of fused-ring (bicyclic) bond motifs is 1. The van der Waals surface area contributed by atoms with Crippen molar-refractivity contribution >= 4 is 28.3 Å². The van der Waals surface area contributed by atoms with E-state index >= 15 is 0 Å². The molecule has 0 atom stereocenters. The molecule has 0 aliphatic carbocycles. The second-order valence-corrected chi connectivity index (χ2v) is 2.65. The van der Waals surface area contributed by atoms with E-state index < -0.39 is 0 Å². The van der Waals surface area contributed by atoms with Gasteiger partial charge in [0, 0.05) is 17.1 Å². The molecule has 1 aromatic carbocycles. The minimum Gasteiger partial charge on any atom is -0.392 e. The van der Waals surface area contributed by atoms with E-state index in [2.05, 4.69) is 4.98 Å². The molecule has 0 radical (unpaired) electrons. The van der Waals surface area contributed by atoms with Crippen molar-refractivity contribution in [2.75, 3.05) is 0 Å². The first-order valence-electron chi connectivity index (χ1n) is 3.85. The van der Waals surface area contributed by atoms with Crippen LogP contribution in [0, 0.1) is 0 Å². The average Bonchev–Trinajstić information content (AvgIpc) is 2.17. The first kappa shape index (κ1) is 10.2. The maximum absolute atomic E-state index is 9.00. The summed E-state index contributed by atoms with van der Waals surface area (Å²) in [5.74, 6) is 0. The molecule has 2 aromatic rings. The molecule has 0 aliphatic rings. The van der Waals surface area contributed by atoms with Crippen LogP contribution < -0.4 is 0 Å². The summed E-state index contributed by atoms with van der Waals surface area (Å²) in [6.45, 7) is 0.0500. The average molecular weight is 186 g/mol. The quantitative estimate of drug-likeness (QED) is 0.682. The molecule has 1 heterocycles. The molecule has 3 heteroatoms. The first-order chi connectivity index (χ1) is 5.92. The smallest absolute Gasteiger partial charge is 0.392 e. The van der Waals surface area contributed by atoms with Crippen LogP contribution in [0.3, 0.4) is 0 Å². The van der Waals surface area contributed by atoms with Gasteiger partial charge in [0.15, 0.2) is 0 Å². The molecule has 0 unspecified atom stereocenters. The summed E-state index contributed by atoms with van der Waals surface area (Å²) in [5.41, 5.74) is 1.77. The van der Waals surface area contributed by atoms with E-state index in [1.54, 1.807) is 6.20 Å². The van der Waals surface area contributed by atoms with Crippen molar-refractivity contribution in [1.82, 2.24) is 4.98 Å². The zero-order chi connectivity index (χ0) is 8.39. The number of nitrogens with zero attached hydrogens (tertiary/aromatic N) is 1. The van der Waals surface area contributed by atoms with Gasteiger partial charge < -0.3 is 5.11 Å². The van der Waals surface area contributed by atoms with Gasteiger partial charge in [0.05, 0.1) is 12.1 Å². The third kappa shape index (κ3) is 1.89. The predicted molar refractivity (Wildman–Crippen MR) is 53.4 cm³/mol. The standard InChI is InChI=1S/C10H9NO.Al/c12-7-9-4-1-3-8-5-2-6-11-10(8)9;/h1-6,12H,7H2;/q;+3. The molecule has 0 saturated carbocycles. The first-order valence-corrected chi connectivity index (χ1v) is 3.85. The van der Waals surface area contributed by atoms with Gasteiger partial charge in [-0.1, -0.05) is 24.3 Å². The van der Waals surface area contributed by atoms with E-state index in [9.17, 15) is 0 Å². The van der Waals surface area contributed by atoms with Crippen molar-refractivity contribution < 1.29 is 5.11 Å². The SMILES string of the molecule is OCc1cccc2cccnc12.[Al+3]. The molecule has 2 rings (SSSR count). The van der Waals surface area contributed by atoms with Gasteiger partial charge in [0.1, 0.15) is 0 Å². The Kier molecular flexibility index (Phi) is 3.44. The van der Waals surface area contributed by atoms with E-state index in [1.165, 1.54) is 0 Å². The molecule has 0 saturated heterocycles. The third-order valence-electron chi connectivity index (χ3n) is 1.89. The molecule has 0 aliphatic heterocycles. The zero-order valence-electron chi connectivity index (χ0n) is 7.14. The van der Waals surface area contributed by atoms with Crippen molar-refractivity contribution in [2.24, 2.45) is 0 Å². The van der Waals surface area contributed by atoms with Gasteiger partial charge in [-0.15, -0.1) is 0 Å². The van der Waals surface area contributed by atoms with Gasteiger partial charge >= 0.3 is 17.4 Å². The van der Waals surface area contributed by atoms with Crippen LogP contribution >= 0.6 is 0 Å². The van der Waals surface area contributed by atoms with Crippen LogP contribution in [0.1, 0.15) is 5.56 Å². The van der Waals surface area contributed by atoms with Crippen molar-refractivity contribution in [3.05, 3.63) is 42.1 Å². The Bertz CT molecular complexity index is 398. The number of hydrogen-bond acceptors (Lipinski definition) is 2. The van der Waals surface area contributed by atoms with Gasteiger partial charge in [0.2, 0.25) is 0 Å². The molecular weight excluding hydrogens is 177 g/mol. The number of hydrogen-bond donors (Lipinski definition) is 1. The summed E-state index contributed by atoms with van der Waals surface area (Å²) in [6, 6.07) is 9.68. The normalized spacial score (nSPS) is 9.62. The van der Waals surface area contributed by atoms with Crippen LogP contribution in [0.5, 0.6) is 0 Å². The van der Waals surface area contributed by atoms with E-state index in [0.29, 0.717) is 0 Å². The predicted octanol–water partition coefficient (Wildman–Crippen LogP) is 1.35. The summed E-state index contributed by atoms with van der Waals surface area (Å²) < 4.78 is 0. The monoisotopic (exact) mass is 186 g/mol. The molecule has 0 fully saturated rings. The number of benzene rings is 1. The van der Waals surface area contributed by atoms with Gasteiger partial charge in [0.25, 0.3) is 0 Å². The van der Waals surface area contributed by atoms with Crippen LogP contribution in [-0.2, 0) is 6.61 Å². The van der Waals surface area contributed by atoms with E-state index in [-0.39, 0.29) is 24.0 Å².